The first-order valence-corrected chi connectivity index (χ1v) is 6.12. The Labute approximate surface area is 112 Å². The molecule has 1 heterocycles. The number of nitrogens with one attached hydrogen (secondary N) is 1. The molecule has 0 saturated heterocycles. The van der Waals surface area contributed by atoms with E-state index in [-0.39, 0.29) is 0 Å². The highest BCUT2D eigenvalue weighted by Gasteiger charge is 2.04. The lowest BCUT2D eigenvalue weighted by Gasteiger charge is -2.08. The molecule has 0 unspecified atom stereocenters. The van der Waals surface area contributed by atoms with E-state index in [4.69, 9.17) is 9.47 Å². The van der Waals surface area contributed by atoms with Crippen LogP contribution in [0.15, 0.2) is 30.3 Å². The average molecular weight is 259 g/mol. The molecule has 1 aromatic carbocycles. The normalized spacial score (nSPS) is 10.1. The number of benzene rings is 1. The smallest absolute Gasteiger partial charge is 0.224 e. The molecule has 5 heteroatoms. The number of nitrogens with zero attached hydrogens (tertiary/aromatic N) is 2. The third-order valence-corrected chi connectivity index (χ3v) is 2.45. The van der Waals surface area contributed by atoms with Crippen LogP contribution >= 0.6 is 0 Å². The Balaban J connectivity index is 2.17. The fourth-order valence-corrected chi connectivity index (χ4v) is 1.63. The van der Waals surface area contributed by atoms with E-state index in [2.05, 4.69) is 15.3 Å². The van der Waals surface area contributed by atoms with Gasteiger partial charge in [0.25, 0.3) is 0 Å². The van der Waals surface area contributed by atoms with E-state index in [9.17, 15) is 0 Å². The van der Waals surface area contributed by atoms with E-state index in [1.54, 1.807) is 13.2 Å². The molecule has 0 aliphatic heterocycles. The Morgan fingerprint density at radius 1 is 1.11 bits per heavy atom. The SMILES string of the molecule is CCNc1cc(Oc2ccc(OC)cc2)nc(C)n1. The molecule has 100 valence electrons. The van der Waals surface area contributed by atoms with Gasteiger partial charge in [0.15, 0.2) is 0 Å². The van der Waals surface area contributed by atoms with E-state index in [1.807, 2.05) is 38.1 Å². The minimum Gasteiger partial charge on any atom is -0.497 e. The average Bonchev–Trinajstić information content (AvgIpc) is 2.39. The Kier molecular flexibility index (Phi) is 4.18. The molecular weight excluding hydrogens is 242 g/mol. The van der Waals surface area contributed by atoms with Crippen molar-refractivity contribution in [2.24, 2.45) is 0 Å². The van der Waals surface area contributed by atoms with Crippen molar-refractivity contribution in [2.45, 2.75) is 13.8 Å². The Morgan fingerprint density at radius 2 is 1.79 bits per heavy atom. The number of methoxy groups -OCH3 is 1. The summed E-state index contributed by atoms with van der Waals surface area (Å²) in [4.78, 5) is 8.52. The summed E-state index contributed by atoms with van der Waals surface area (Å²) < 4.78 is 10.8. The third-order valence-electron chi connectivity index (χ3n) is 2.45. The summed E-state index contributed by atoms with van der Waals surface area (Å²) in [6.07, 6.45) is 0. The Morgan fingerprint density at radius 3 is 2.42 bits per heavy atom. The number of aromatic nitrogens is 2. The maximum absolute atomic E-state index is 5.70. The van der Waals surface area contributed by atoms with E-state index in [0.717, 1.165) is 18.1 Å². The van der Waals surface area contributed by atoms with Crippen molar-refractivity contribution >= 4 is 5.82 Å². The van der Waals surface area contributed by atoms with Crippen molar-refractivity contribution < 1.29 is 9.47 Å². The lowest BCUT2D eigenvalue weighted by Crippen LogP contribution is -2.02. The highest BCUT2D eigenvalue weighted by molar-refractivity contribution is 5.40. The quantitative estimate of drug-likeness (QED) is 0.894. The van der Waals surface area contributed by atoms with Gasteiger partial charge in [-0.1, -0.05) is 0 Å². The highest BCUT2D eigenvalue weighted by atomic mass is 16.5. The van der Waals surface area contributed by atoms with Crippen molar-refractivity contribution in [2.75, 3.05) is 19.0 Å². The summed E-state index contributed by atoms with van der Waals surface area (Å²) in [5, 5.41) is 3.14. The molecular formula is C14H17N3O2. The monoisotopic (exact) mass is 259 g/mol. The molecule has 0 aliphatic carbocycles. The van der Waals surface area contributed by atoms with Crippen molar-refractivity contribution in [3.63, 3.8) is 0 Å². The first-order chi connectivity index (χ1) is 9.21. The fraction of sp³-hybridized carbons (Fsp3) is 0.286. The van der Waals surface area contributed by atoms with Crippen molar-refractivity contribution in [3.05, 3.63) is 36.2 Å². The maximum Gasteiger partial charge on any atom is 0.224 e. The van der Waals surface area contributed by atoms with Gasteiger partial charge >= 0.3 is 0 Å². The van der Waals surface area contributed by atoms with Crippen molar-refractivity contribution in [3.8, 4) is 17.4 Å². The molecule has 0 aliphatic rings. The second-order valence-corrected chi connectivity index (χ2v) is 3.95. The Bertz CT molecular complexity index is 541. The highest BCUT2D eigenvalue weighted by Crippen LogP contribution is 2.23. The van der Waals surface area contributed by atoms with Crippen LogP contribution in [0.1, 0.15) is 12.7 Å². The summed E-state index contributed by atoms with van der Waals surface area (Å²) in [6, 6.07) is 9.14. The molecule has 2 aromatic rings. The van der Waals surface area contributed by atoms with Crippen LogP contribution in [0.5, 0.6) is 17.4 Å². The summed E-state index contributed by atoms with van der Waals surface area (Å²) in [7, 11) is 1.63. The molecule has 1 aromatic heterocycles. The summed E-state index contributed by atoms with van der Waals surface area (Å²) >= 11 is 0. The first kappa shape index (κ1) is 13.1. The van der Waals surface area contributed by atoms with Gasteiger partial charge in [-0.3, -0.25) is 0 Å². The molecule has 19 heavy (non-hydrogen) atoms. The standard InChI is InChI=1S/C14H17N3O2/c1-4-15-13-9-14(17-10(2)16-13)19-12-7-5-11(18-3)6-8-12/h5-9H,4H2,1-3H3,(H,15,16,17). The molecule has 2 rings (SSSR count). The second-order valence-electron chi connectivity index (χ2n) is 3.95. The molecule has 0 amide bonds. The van der Waals surface area contributed by atoms with E-state index < -0.39 is 0 Å². The van der Waals surface area contributed by atoms with Gasteiger partial charge in [-0.05, 0) is 38.1 Å². The minimum atomic E-state index is 0.522. The topological polar surface area (TPSA) is 56.3 Å². The molecule has 1 N–H and O–H groups in total. The molecule has 0 atom stereocenters. The lowest BCUT2D eigenvalue weighted by atomic mass is 10.3. The van der Waals surface area contributed by atoms with Crippen molar-refractivity contribution in [1.29, 1.82) is 0 Å². The number of hydrogen-bond acceptors (Lipinski definition) is 5. The van der Waals surface area contributed by atoms with Crippen LogP contribution in [-0.2, 0) is 0 Å². The van der Waals surface area contributed by atoms with Gasteiger partial charge in [0.1, 0.15) is 23.1 Å². The van der Waals surface area contributed by atoms with Gasteiger partial charge in [-0.15, -0.1) is 0 Å². The van der Waals surface area contributed by atoms with Crippen LogP contribution in [0.3, 0.4) is 0 Å². The van der Waals surface area contributed by atoms with Crippen LogP contribution in [-0.4, -0.2) is 23.6 Å². The molecule has 0 fully saturated rings. The number of hydrogen-bond donors (Lipinski definition) is 1. The summed E-state index contributed by atoms with van der Waals surface area (Å²) in [5.41, 5.74) is 0. The largest absolute Gasteiger partial charge is 0.497 e. The van der Waals surface area contributed by atoms with Gasteiger partial charge in [0.2, 0.25) is 5.88 Å². The fourth-order valence-electron chi connectivity index (χ4n) is 1.63. The Hall–Kier alpha value is -2.30. The molecule has 0 bridgehead atoms. The molecule has 0 spiro atoms. The number of ether oxygens (including phenoxy) is 2. The number of anilines is 1. The maximum atomic E-state index is 5.70. The predicted octanol–water partition coefficient (Wildman–Crippen LogP) is 3.02. The van der Waals surface area contributed by atoms with Crippen LogP contribution < -0.4 is 14.8 Å². The van der Waals surface area contributed by atoms with E-state index >= 15 is 0 Å². The lowest BCUT2D eigenvalue weighted by molar-refractivity contribution is 0.412. The van der Waals surface area contributed by atoms with Crippen molar-refractivity contribution in [1.82, 2.24) is 9.97 Å². The van der Waals surface area contributed by atoms with Crippen LogP contribution in [0.4, 0.5) is 5.82 Å². The second kappa shape index (κ2) is 6.04. The van der Waals surface area contributed by atoms with E-state index in [0.29, 0.717) is 17.5 Å². The summed E-state index contributed by atoms with van der Waals surface area (Å²) in [5.74, 6) is 3.45. The van der Waals surface area contributed by atoms with Gasteiger partial charge in [0, 0.05) is 12.6 Å². The van der Waals surface area contributed by atoms with Gasteiger partial charge in [-0.2, -0.15) is 4.98 Å². The van der Waals surface area contributed by atoms with Gasteiger partial charge < -0.3 is 14.8 Å². The zero-order chi connectivity index (χ0) is 13.7. The number of rotatable bonds is 5. The van der Waals surface area contributed by atoms with Gasteiger partial charge in [-0.25, -0.2) is 4.98 Å². The zero-order valence-electron chi connectivity index (χ0n) is 11.3. The third kappa shape index (κ3) is 3.58. The zero-order valence-corrected chi connectivity index (χ0v) is 11.3. The van der Waals surface area contributed by atoms with Crippen LogP contribution in [0.2, 0.25) is 0 Å². The van der Waals surface area contributed by atoms with Gasteiger partial charge in [0.05, 0.1) is 7.11 Å². The molecule has 0 saturated carbocycles. The van der Waals surface area contributed by atoms with E-state index in [1.165, 1.54) is 0 Å². The molecule has 5 nitrogen and oxygen atoms in total. The number of aryl methyl sites for hydroxylation is 1. The first-order valence-electron chi connectivity index (χ1n) is 6.12. The minimum absolute atomic E-state index is 0.522. The summed E-state index contributed by atoms with van der Waals surface area (Å²) in [6.45, 7) is 4.65. The predicted molar refractivity (Wildman–Crippen MR) is 74.0 cm³/mol. The molecule has 0 radical (unpaired) electrons. The van der Waals surface area contributed by atoms with Crippen LogP contribution in [0.25, 0.3) is 0 Å². The van der Waals surface area contributed by atoms with Crippen LogP contribution in [0, 0.1) is 6.92 Å².